The molecule has 0 aliphatic rings. The van der Waals surface area contributed by atoms with E-state index in [0.717, 1.165) is 11.4 Å². The molecule has 0 saturated heterocycles. The van der Waals surface area contributed by atoms with Crippen LogP contribution >= 0.6 is 0 Å². The zero-order valence-corrected chi connectivity index (χ0v) is 10.9. The normalized spacial score (nSPS) is 12.2. The first-order chi connectivity index (χ1) is 8.75. The van der Waals surface area contributed by atoms with Crippen LogP contribution in [0.3, 0.4) is 0 Å². The molecule has 2 N–H and O–H groups in total. The summed E-state index contributed by atoms with van der Waals surface area (Å²) in [4.78, 5) is 0. The summed E-state index contributed by atoms with van der Waals surface area (Å²) in [5.41, 5.74) is 2.26. The van der Waals surface area contributed by atoms with Crippen molar-refractivity contribution >= 4 is 11.4 Å². The Kier molecular flexibility index (Phi) is 4.24. The highest BCUT2D eigenvalue weighted by Crippen LogP contribution is 2.16. The highest BCUT2D eigenvalue weighted by Gasteiger charge is 2.12. The summed E-state index contributed by atoms with van der Waals surface area (Å²) in [6.45, 7) is 4.26. The fourth-order valence-corrected chi connectivity index (χ4v) is 1.75. The second-order valence-electron chi connectivity index (χ2n) is 4.41. The van der Waals surface area contributed by atoms with Gasteiger partial charge in [-0.2, -0.15) is 0 Å². The highest BCUT2D eigenvalue weighted by atomic mass is 15.0. The van der Waals surface area contributed by atoms with Gasteiger partial charge in [-0.05, 0) is 38.1 Å². The van der Waals surface area contributed by atoms with Gasteiger partial charge in [-0.3, -0.25) is 0 Å². The third kappa shape index (κ3) is 3.52. The molecular formula is C16H19N2. The van der Waals surface area contributed by atoms with Crippen LogP contribution in [0, 0.1) is 6.04 Å². The Morgan fingerprint density at radius 1 is 0.833 bits per heavy atom. The van der Waals surface area contributed by atoms with E-state index in [1.165, 1.54) is 6.04 Å². The van der Waals surface area contributed by atoms with Crippen molar-refractivity contribution in [3.05, 3.63) is 66.7 Å². The van der Waals surface area contributed by atoms with Gasteiger partial charge in [-0.1, -0.05) is 36.4 Å². The average molecular weight is 239 g/mol. The molecule has 0 spiro atoms. The van der Waals surface area contributed by atoms with E-state index in [2.05, 4.69) is 48.7 Å². The predicted molar refractivity (Wildman–Crippen MR) is 78.5 cm³/mol. The summed E-state index contributed by atoms with van der Waals surface area (Å²) >= 11 is 0. The van der Waals surface area contributed by atoms with E-state index in [9.17, 15) is 0 Å². The van der Waals surface area contributed by atoms with Gasteiger partial charge in [0, 0.05) is 17.4 Å². The molecule has 0 fully saturated rings. The molecule has 2 nitrogen and oxygen atoms in total. The van der Waals surface area contributed by atoms with E-state index >= 15 is 0 Å². The molecule has 0 aliphatic heterocycles. The molecular weight excluding hydrogens is 220 g/mol. The van der Waals surface area contributed by atoms with Gasteiger partial charge in [0.1, 0.15) is 0 Å². The maximum Gasteiger partial charge on any atom is 0.0789 e. The van der Waals surface area contributed by atoms with E-state index in [4.69, 9.17) is 0 Å². The molecule has 1 atom stereocenters. The Morgan fingerprint density at radius 3 is 1.89 bits per heavy atom. The lowest BCUT2D eigenvalue weighted by molar-refractivity contribution is 0.813. The molecule has 0 amide bonds. The molecule has 93 valence electrons. The number of nitrogens with one attached hydrogen (secondary N) is 2. The minimum absolute atomic E-state index is 0.271. The number of hydrogen-bond donors (Lipinski definition) is 2. The number of benzene rings is 2. The Bertz CT molecular complexity index is 408. The van der Waals surface area contributed by atoms with Crippen LogP contribution in [0.4, 0.5) is 11.4 Å². The van der Waals surface area contributed by atoms with Crippen molar-refractivity contribution in [2.45, 2.75) is 19.9 Å². The molecule has 18 heavy (non-hydrogen) atoms. The van der Waals surface area contributed by atoms with Gasteiger partial charge >= 0.3 is 0 Å². The molecule has 0 aliphatic carbocycles. The summed E-state index contributed by atoms with van der Waals surface area (Å²) in [7, 11) is 0. The Labute approximate surface area is 109 Å². The van der Waals surface area contributed by atoms with Crippen LogP contribution in [-0.4, -0.2) is 6.04 Å². The molecule has 0 saturated carbocycles. The lowest BCUT2D eigenvalue weighted by Gasteiger charge is -2.23. The van der Waals surface area contributed by atoms with Crippen molar-refractivity contribution in [2.75, 3.05) is 10.6 Å². The van der Waals surface area contributed by atoms with Crippen molar-refractivity contribution < 1.29 is 0 Å². The molecule has 1 radical (unpaired) electrons. The minimum atomic E-state index is 0.271. The topological polar surface area (TPSA) is 24.1 Å². The number of para-hydroxylation sites is 2. The zero-order valence-electron chi connectivity index (χ0n) is 10.9. The van der Waals surface area contributed by atoms with Crippen LogP contribution < -0.4 is 10.6 Å². The van der Waals surface area contributed by atoms with E-state index in [1.54, 1.807) is 0 Å². The first-order valence-electron chi connectivity index (χ1n) is 6.23. The minimum Gasteiger partial charge on any atom is -0.380 e. The van der Waals surface area contributed by atoms with Crippen LogP contribution in [-0.2, 0) is 0 Å². The van der Waals surface area contributed by atoms with Gasteiger partial charge in [0.05, 0.1) is 6.04 Å². The van der Waals surface area contributed by atoms with Gasteiger partial charge in [0.2, 0.25) is 0 Å². The van der Waals surface area contributed by atoms with Gasteiger partial charge in [-0.25, -0.2) is 0 Å². The van der Waals surface area contributed by atoms with E-state index in [1.807, 2.05) is 36.4 Å². The molecule has 0 bridgehead atoms. The summed E-state index contributed by atoms with van der Waals surface area (Å²) in [6.07, 6.45) is 0. The predicted octanol–water partition coefficient (Wildman–Crippen LogP) is 4.15. The molecule has 1 unspecified atom stereocenters. The van der Waals surface area contributed by atoms with Gasteiger partial charge in [0.15, 0.2) is 0 Å². The van der Waals surface area contributed by atoms with Crippen LogP contribution in [0.5, 0.6) is 0 Å². The Morgan fingerprint density at radius 2 is 1.33 bits per heavy atom. The van der Waals surface area contributed by atoms with Crippen LogP contribution in [0.1, 0.15) is 13.8 Å². The highest BCUT2D eigenvalue weighted by molar-refractivity contribution is 5.49. The first kappa shape index (κ1) is 12.5. The fraction of sp³-hybridized carbons (Fsp3) is 0.188. The fourth-order valence-electron chi connectivity index (χ4n) is 1.75. The third-order valence-corrected chi connectivity index (χ3v) is 2.92. The van der Waals surface area contributed by atoms with Crippen molar-refractivity contribution in [1.82, 2.24) is 0 Å². The standard InChI is InChI=1S/C16H19N2/c1-13(17-15-9-5-3-6-10-15)14(2)18-16-11-7-4-8-12-16/h3-13,17-18H,1-2H3. The van der Waals surface area contributed by atoms with Crippen molar-refractivity contribution in [3.8, 4) is 0 Å². The molecule has 2 aromatic carbocycles. The Balaban J connectivity index is 1.91. The molecule has 2 aromatic rings. The average Bonchev–Trinajstić information content (AvgIpc) is 2.41. The van der Waals surface area contributed by atoms with Gasteiger partial charge in [0.25, 0.3) is 0 Å². The van der Waals surface area contributed by atoms with Crippen LogP contribution in [0.25, 0.3) is 0 Å². The largest absolute Gasteiger partial charge is 0.380 e. The quantitative estimate of drug-likeness (QED) is 0.819. The summed E-state index contributed by atoms with van der Waals surface area (Å²) in [5.74, 6) is 0. The Hall–Kier alpha value is -1.96. The smallest absolute Gasteiger partial charge is 0.0789 e. The van der Waals surface area contributed by atoms with Crippen molar-refractivity contribution in [3.63, 3.8) is 0 Å². The number of hydrogen-bond acceptors (Lipinski definition) is 2. The zero-order chi connectivity index (χ0) is 12.8. The second-order valence-corrected chi connectivity index (χ2v) is 4.41. The van der Waals surface area contributed by atoms with Gasteiger partial charge < -0.3 is 10.6 Å². The van der Waals surface area contributed by atoms with Crippen LogP contribution in [0.15, 0.2) is 60.7 Å². The SMILES string of the molecule is C[C](Nc1ccccc1)C(C)Nc1ccccc1. The van der Waals surface area contributed by atoms with Crippen LogP contribution in [0.2, 0.25) is 0 Å². The number of anilines is 2. The van der Waals surface area contributed by atoms with Crippen molar-refractivity contribution in [2.24, 2.45) is 0 Å². The molecule has 0 heterocycles. The monoisotopic (exact) mass is 239 g/mol. The maximum absolute atomic E-state index is 3.46. The van der Waals surface area contributed by atoms with E-state index in [0.29, 0.717) is 0 Å². The van der Waals surface area contributed by atoms with E-state index < -0.39 is 0 Å². The lowest BCUT2D eigenvalue weighted by atomic mass is 10.1. The van der Waals surface area contributed by atoms with E-state index in [-0.39, 0.29) is 6.04 Å². The summed E-state index contributed by atoms with van der Waals surface area (Å²) < 4.78 is 0. The molecule has 2 heteroatoms. The first-order valence-corrected chi connectivity index (χ1v) is 6.23. The summed E-state index contributed by atoms with van der Waals surface area (Å²) in [6, 6.07) is 21.9. The second kappa shape index (κ2) is 6.10. The molecule has 0 aromatic heterocycles. The van der Waals surface area contributed by atoms with Gasteiger partial charge in [-0.15, -0.1) is 0 Å². The summed E-state index contributed by atoms with van der Waals surface area (Å²) in [5, 5.41) is 6.88. The maximum atomic E-state index is 3.46. The van der Waals surface area contributed by atoms with Crippen molar-refractivity contribution in [1.29, 1.82) is 0 Å². The lowest BCUT2D eigenvalue weighted by Crippen LogP contribution is -2.27. The number of rotatable bonds is 5. The molecule has 2 rings (SSSR count). The third-order valence-electron chi connectivity index (χ3n) is 2.92.